The Morgan fingerprint density at radius 1 is 1.41 bits per heavy atom. The molecule has 1 aromatic heterocycles. The number of benzene rings is 1. The van der Waals surface area contributed by atoms with Crippen molar-refractivity contribution in [1.29, 1.82) is 0 Å². The van der Waals surface area contributed by atoms with E-state index >= 15 is 0 Å². The number of aromatic nitrogens is 2. The quantitative estimate of drug-likeness (QED) is 0.904. The third-order valence-corrected chi connectivity index (χ3v) is 3.57. The van der Waals surface area contributed by atoms with Crippen molar-refractivity contribution in [1.82, 2.24) is 9.97 Å². The van der Waals surface area contributed by atoms with Crippen molar-refractivity contribution in [2.75, 3.05) is 18.5 Å². The van der Waals surface area contributed by atoms with Gasteiger partial charge in [0, 0.05) is 29.6 Å². The van der Waals surface area contributed by atoms with Crippen molar-refractivity contribution in [3.05, 3.63) is 46.4 Å². The topological polar surface area (TPSA) is 84.1 Å². The lowest BCUT2D eigenvalue weighted by atomic mass is 10.1. The molecule has 2 N–H and O–H groups in total. The number of hydrogen-bond donors (Lipinski definition) is 2. The number of aryl methyl sites for hydroxylation is 1. The van der Waals surface area contributed by atoms with Gasteiger partial charge in [-0.3, -0.25) is 9.59 Å². The van der Waals surface area contributed by atoms with E-state index in [2.05, 4.69) is 15.3 Å². The average Bonchev–Trinajstić information content (AvgIpc) is 3.01. The van der Waals surface area contributed by atoms with Gasteiger partial charge in [-0.1, -0.05) is 12.1 Å². The number of carbonyl (C=O) groups excluding carboxylic acids is 1. The minimum Gasteiger partial charge on any atom is -0.381 e. The van der Waals surface area contributed by atoms with Gasteiger partial charge in [0.25, 0.3) is 5.56 Å². The van der Waals surface area contributed by atoms with Gasteiger partial charge in [0.2, 0.25) is 5.91 Å². The third kappa shape index (κ3) is 3.23. The molecule has 0 spiro atoms. The van der Waals surface area contributed by atoms with Crippen molar-refractivity contribution in [2.24, 2.45) is 5.92 Å². The van der Waals surface area contributed by atoms with Gasteiger partial charge in [0.1, 0.15) is 5.82 Å². The number of anilines is 1. The fourth-order valence-electron chi connectivity index (χ4n) is 2.45. The Hall–Kier alpha value is -2.47. The first kappa shape index (κ1) is 14.5. The van der Waals surface area contributed by atoms with E-state index in [0.29, 0.717) is 30.4 Å². The van der Waals surface area contributed by atoms with E-state index in [9.17, 15) is 9.59 Å². The highest BCUT2D eigenvalue weighted by molar-refractivity contribution is 5.93. The first-order valence-electron chi connectivity index (χ1n) is 7.19. The molecule has 0 bridgehead atoms. The molecule has 1 aliphatic heterocycles. The molecule has 114 valence electrons. The molecule has 2 aromatic rings. The zero-order chi connectivity index (χ0) is 15.5. The lowest BCUT2D eigenvalue weighted by Gasteiger charge is -2.10. The van der Waals surface area contributed by atoms with E-state index in [0.717, 1.165) is 12.0 Å². The number of rotatable bonds is 3. The monoisotopic (exact) mass is 299 g/mol. The number of aromatic amines is 1. The molecular weight excluding hydrogens is 282 g/mol. The number of carbonyl (C=O) groups is 1. The fourth-order valence-corrected chi connectivity index (χ4v) is 2.45. The van der Waals surface area contributed by atoms with Crippen LogP contribution >= 0.6 is 0 Å². The van der Waals surface area contributed by atoms with Crippen LogP contribution in [0.1, 0.15) is 12.1 Å². The highest BCUT2D eigenvalue weighted by Crippen LogP contribution is 2.20. The summed E-state index contributed by atoms with van der Waals surface area (Å²) in [6.07, 6.45) is 0.748. The number of nitrogens with zero attached hydrogens (tertiary/aromatic N) is 1. The van der Waals surface area contributed by atoms with Crippen molar-refractivity contribution in [3.63, 3.8) is 0 Å². The Labute approximate surface area is 127 Å². The van der Waals surface area contributed by atoms with E-state index in [4.69, 9.17) is 4.74 Å². The molecular formula is C16H17N3O3. The maximum Gasteiger partial charge on any atom is 0.251 e. The van der Waals surface area contributed by atoms with E-state index in [1.54, 1.807) is 13.0 Å². The predicted octanol–water partition coefficient (Wildman–Crippen LogP) is 1.72. The molecule has 22 heavy (non-hydrogen) atoms. The van der Waals surface area contributed by atoms with Crippen LogP contribution in [0.25, 0.3) is 11.4 Å². The van der Waals surface area contributed by atoms with E-state index < -0.39 is 0 Å². The lowest BCUT2D eigenvalue weighted by Crippen LogP contribution is -2.22. The van der Waals surface area contributed by atoms with Gasteiger partial charge < -0.3 is 15.0 Å². The van der Waals surface area contributed by atoms with Crippen LogP contribution in [0, 0.1) is 12.8 Å². The maximum atomic E-state index is 12.1. The first-order chi connectivity index (χ1) is 10.6. The molecule has 1 aromatic carbocycles. The molecule has 1 amide bonds. The van der Waals surface area contributed by atoms with Crippen LogP contribution in [-0.4, -0.2) is 29.1 Å². The van der Waals surface area contributed by atoms with Gasteiger partial charge >= 0.3 is 0 Å². The lowest BCUT2D eigenvalue weighted by molar-refractivity contribution is -0.119. The first-order valence-corrected chi connectivity index (χ1v) is 7.19. The van der Waals surface area contributed by atoms with E-state index in [1.165, 1.54) is 6.07 Å². The maximum absolute atomic E-state index is 12.1. The van der Waals surface area contributed by atoms with Crippen LogP contribution in [-0.2, 0) is 9.53 Å². The average molecular weight is 299 g/mol. The molecule has 1 fully saturated rings. The van der Waals surface area contributed by atoms with Gasteiger partial charge in [0.05, 0.1) is 12.5 Å². The number of H-pyrrole nitrogens is 1. The summed E-state index contributed by atoms with van der Waals surface area (Å²) in [7, 11) is 0. The number of hydrogen-bond acceptors (Lipinski definition) is 4. The number of amides is 1. The van der Waals surface area contributed by atoms with Gasteiger partial charge in [0.15, 0.2) is 0 Å². The molecule has 0 saturated carbocycles. The molecule has 0 aliphatic carbocycles. The summed E-state index contributed by atoms with van der Waals surface area (Å²) in [4.78, 5) is 30.7. The standard InChI is InChI=1S/C16H17N3O3/c1-10-7-14(20)19-15(17-10)11-3-2-4-13(8-11)18-16(21)12-5-6-22-9-12/h2-4,7-8,12H,5-6,9H2,1H3,(H,18,21)(H,17,19,20)/t12-/m0/s1. The van der Waals surface area contributed by atoms with Crippen molar-refractivity contribution in [3.8, 4) is 11.4 Å². The molecule has 3 rings (SSSR count). The Balaban J connectivity index is 1.83. The second-order valence-electron chi connectivity index (χ2n) is 5.37. The summed E-state index contributed by atoms with van der Waals surface area (Å²) in [6.45, 7) is 2.87. The predicted molar refractivity (Wildman–Crippen MR) is 82.6 cm³/mol. The molecule has 1 saturated heterocycles. The smallest absolute Gasteiger partial charge is 0.251 e. The van der Waals surface area contributed by atoms with E-state index in [1.807, 2.05) is 18.2 Å². The molecule has 1 atom stereocenters. The fraction of sp³-hybridized carbons (Fsp3) is 0.312. The number of nitrogens with one attached hydrogen (secondary N) is 2. The number of ether oxygens (including phenoxy) is 1. The second kappa shape index (κ2) is 6.11. The molecule has 0 unspecified atom stereocenters. The summed E-state index contributed by atoms with van der Waals surface area (Å²) in [5.41, 5.74) is 1.89. The molecule has 0 radical (unpaired) electrons. The minimum absolute atomic E-state index is 0.0413. The molecule has 6 heteroatoms. The summed E-state index contributed by atoms with van der Waals surface area (Å²) >= 11 is 0. The Kier molecular flexibility index (Phi) is 4.02. The van der Waals surface area contributed by atoms with Crippen LogP contribution in [0.5, 0.6) is 0 Å². The highest BCUT2D eigenvalue weighted by atomic mass is 16.5. The van der Waals surface area contributed by atoms with Gasteiger partial charge in [-0.05, 0) is 25.5 Å². The van der Waals surface area contributed by atoms with Crippen LogP contribution in [0.15, 0.2) is 35.1 Å². The molecule has 2 heterocycles. The molecule has 6 nitrogen and oxygen atoms in total. The zero-order valence-corrected chi connectivity index (χ0v) is 12.3. The zero-order valence-electron chi connectivity index (χ0n) is 12.3. The molecule has 1 aliphatic rings. The van der Waals surface area contributed by atoms with Crippen LogP contribution < -0.4 is 10.9 Å². The SMILES string of the molecule is Cc1cc(=O)[nH]c(-c2cccc(NC(=O)[C@H]3CCOC3)c2)n1. The van der Waals surface area contributed by atoms with Crippen molar-refractivity contribution in [2.45, 2.75) is 13.3 Å². The summed E-state index contributed by atoms with van der Waals surface area (Å²) in [5, 5.41) is 2.88. The largest absolute Gasteiger partial charge is 0.381 e. The second-order valence-corrected chi connectivity index (χ2v) is 5.37. The summed E-state index contributed by atoms with van der Waals surface area (Å²) in [5.74, 6) is 0.353. The van der Waals surface area contributed by atoms with Gasteiger partial charge in [-0.15, -0.1) is 0 Å². The normalized spacial score (nSPS) is 17.4. The van der Waals surface area contributed by atoms with Crippen molar-refractivity contribution < 1.29 is 9.53 Å². The Bertz CT molecular complexity index is 748. The summed E-state index contributed by atoms with van der Waals surface area (Å²) in [6, 6.07) is 8.70. The van der Waals surface area contributed by atoms with Crippen LogP contribution in [0.3, 0.4) is 0 Å². The highest BCUT2D eigenvalue weighted by Gasteiger charge is 2.23. The van der Waals surface area contributed by atoms with Crippen LogP contribution in [0.2, 0.25) is 0 Å². The van der Waals surface area contributed by atoms with E-state index in [-0.39, 0.29) is 17.4 Å². The Morgan fingerprint density at radius 3 is 3.00 bits per heavy atom. The minimum atomic E-state index is -0.194. The van der Waals surface area contributed by atoms with Gasteiger partial charge in [-0.25, -0.2) is 4.98 Å². The van der Waals surface area contributed by atoms with Crippen molar-refractivity contribution >= 4 is 11.6 Å². The van der Waals surface area contributed by atoms with Gasteiger partial charge in [-0.2, -0.15) is 0 Å². The summed E-state index contributed by atoms with van der Waals surface area (Å²) < 4.78 is 5.22. The Morgan fingerprint density at radius 2 is 2.27 bits per heavy atom. The van der Waals surface area contributed by atoms with Crippen LogP contribution in [0.4, 0.5) is 5.69 Å². The third-order valence-electron chi connectivity index (χ3n) is 3.57.